The number of carbonyl (C=O) groups excluding carboxylic acids is 1. The van der Waals surface area contributed by atoms with Gasteiger partial charge in [0.15, 0.2) is 5.82 Å². The molecular formula is C29H30FN9O4S. The fourth-order valence-corrected chi connectivity index (χ4v) is 6.04. The molecule has 0 spiro atoms. The summed E-state index contributed by atoms with van der Waals surface area (Å²) in [5.41, 5.74) is 1.75. The van der Waals surface area contributed by atoms with Crippen molar-refractivity contribution in [1.82, 2.24) is 24.9 Å². The lowest BCUT2D eigenvalue weighted by Crippen LogP contribution is -2.53. The van der Waals surface area contributed by atoms with Crippen LogP contribution in [0.1, 0.15) is 22.8 Å². The van der Waals surface area contributed by atoms with Crippen molar-refractivity contribution in [1.29, 1.82) is 0 Å². The smallest absolute Gasteiger partial charge is 0.297 e. The number of nitrogens with zero attached hydrogens (tertiary/aromatic N) is 8. The van der Waals surface area contributed by atoms with Gasteiger partial charge >= 0.3 is 0 Å². The molecular weight excluding hydrogens is 589 g/mol. The molecule has 228 valence electrons. The molecule has 44 heavy (non-hydrogen) atoms. The Kier molecular flexibility index (Phi) is 8.05. The summed E-state index contributed by atoms with van der Waals surface area (Å²) in [6.07, 6.45) is 6.39. The summed E-state index contributed by atoms with van der Waals surface area (Å²) in [5, 5.41) is 2.78. The molecule has 2 fully saturated rings. The van der Waals surface area contributed by atoms with Crippen molar-refractivity contribution < 1.29 is 21.8 Å². The van der Waals surface area contributed by atoms with Crippen LogP contribution in [0.4, 0.5) is 27.8 Å². The zero-order valence-electron chi connectivity index (χ0n) is 24.0. The van der Waals surface area contributed by atoms with E-state index in [-0.39, 0.29) is 16.8 Å². The molecule has 6 rings (SSSR count). The Labute approximate surface area is 253 Å². The fraction of sp³-hybridized carbons (Fsp3) is 0.310. The Morgan fingerprint density at radius 1 is 0.864 bits per heavy atom. The number of aromatic nitrogens is 5. The van der Waals surface area contributed by atoms with Gasteiger partial charge in [-0.25, -0.2) is 29.3 Å². The molecule has 3 aromatic heterocycles. The van der Waals surface area contributed by atoms with Crippen LogP contribution in [-0.4, -0.2) is 84.1 Å². The maximum absolute atomic E-state index is 13.2. The van der Waals surface area contributed by atoms with Crippen molar-refractivity contribution in [2.45, 2.75) is 30.9 Å². The van der Waals surface area contributed by atoms with Crippen LogP contribution in [0.25, 0.3) is 0 Å². The van der Waals surface area contributed by atoms with E-state index in [0.29, 0.717) is 61.7 Å². The van der Waals surface area contributed by atoms with E-state index < -0.39 is 22.0 Å². The quantitative estimate of drug-likeness (QED) is 0.289. The third kappa shape index (κ3) is 6.43. The second kappa shape index (κ2) is 12.1. The van der Waals surface area contributed by atoms with E-state index in [1.54, 1.807) is 36.7 Å². The van der Waals surface area contributed by atoms with Crippen molar-refractivity contribution in [3.63, 3.8) is 0 Å². The van der Waals surface area contributed by atoms with Gasteiger partial charge in [-0.05, 0) is 38.1 Å². The monoisotopic (exact) mass is 619 g/mol. The molecule has 0 bridgehead atoms. The highest BCUT2D eigenvalue weighted by molar-refractivity contribution is 7.86. The Hall–Kier alpha value is -4.76. The molecule has 0 aliphatic carbocycles. The normalized spacial score (nSPS) is 17.3. The molecule has 0 radical (unpaired) electrons. The van der Waals surface area contributed by atoms with E-state index in [2.05, 4.69) is 30.2 Å². The number of nitrogens with one attached hydrogen (secondary N) is 1. The van der Waals surface area contributed by atoms with Gasteiger partial charge in [0, 0.05) is 45.0 Å². The topological polar surface area (TPSA) is 147 Å². The van der Waals surface area contributed by atoms with Crippen LogP contribution in [-0.2, 0) is 14.3 Å². The van der Waals surface area contributed by atoms with Crippen molar-refractivity contribution in [3.05, 3.63) is 84.3 Å². The van der Waals surface area contributed by atoms with Crippen LogP contribution in [0.2, 0.25) is 0 Å². The average molecular weight is 620 g/mol. The minimum absolute atomic E-state index is 0.0500. The van der Waals surface area contributed by atoms with E-state index in [0.717, 1.165) is 18.0 Å². The second-order valence-corrected chi connectivity index (χ2v) is 12.3. The van der Waals surface area contributed by atoms with Crippen molar-refractivity contribution in [3.8, 4) is 0 Å². The van der Waals surface area contributed by atoms with Crippen LogP contribution in [0.15, 0.2) is 72.3 Å². The van der Waals surface area contributed by atoms with Gasteiger partial charge in [0.05, 0.1) is 40.9 Å². The van der Waals surface area contributed by atoms with E-state index in [1.807, 2.05) is 28.5 Å². The lowest BCUT2D eigenvalue weighted by molar-refractivity contribution is 0.102. The Bertz CT molecular complexity index is 1720. The number of carbonyl (C=O) groups is 1. The SMILES string of the molecule is Cc1ccc(S(=O)(=O)OC2CN(c3ccc(C(=O)Nc4cnc(N5CCN(c6ncc(F)cn6)[C@H](C)C5)nc4)cn3)C2)cc1. The first-order valence-corrected chi connectivity index (χ1v) is 15.4. The Morgan fingerprint density at radius 3 is 2.18 bits per heavy atom. The first-order chi connectivity index (χ1) is 21.1. The van der Waals surface area contributed by atoms with Crippen LogP contribution in [0.5, 0.6) is 0 Å². The Morgan fingerprint density at radius 2 is 1.55 bits per heavy atom. The predicted octanol–water partition coefficient (Wildman–Crippen LogP) is 2.67. The molecule has 1 atom stereocenters. The largest absolute Gasteiger partial charge is 0.351 e. The van der Waals surface area contributed by atoms with Crippen LogP contribution < -0.4 is 20.0 Å². The Balaban J connectivity index is 0.986. The van der Waals surface area contributed by atoms with E-state index in [9.17, 15) is 17.6 Å². The highest BCUT2D eigenvalue weighted by Crippen LogP contribution is 2.25. The number of rotatable bonds is 8. The molecule has 15 heteroatoms. The molecule has 1 amide bonds. The fourth-order valence-electron chi connectivity index (χ4n) is 4.98. The van der Waals surface area contributed by atoms with Gasteiger partial charge in [0.25, 0.3) is 16.0 Å². The van der Waals surface area contributed by atoms with Gasteiger partial charge in [-0.2, -0.15) is 8.42 Å². The minimum Gasteiger partial charge on any atom is -0.351 e. The third-order valence-electron chi connectivity index (χ3n) is 7.42. The number of benzene rings is 1. The third-order valence-corrected chi connectivity index (χ3v) is 8.80. The molecule has 0 saturated carbocycles. The predicted molar refractivity (Wildman–Crippen MR) is 161 cm³/mol. The maximum atomic E-state index is 13.2. The number of hydrogen-bond acceptors (Lipinski definition) is 12. The van der Waals surface area contributed by atoms with E-state index in [1.165, 1.54) is 18.3 Å². The number of pyridine rings is 1. The molecule has 1 N–H and O–H groups in total. The van der Waals surface area contributed by atoms with Crippen molar-refractivity contribution in [2.75, 3.05) is 52.7 Å². The number of anilines is 4. The number of hydrogen-bond donors (Lipinski definition) is 1. The number of aryl methyl sites for hydroxylation is 1. The summed E-state index contributed by atoms with van der Waals surface area (Å²) >= 11 is 0. The van der Waals surface area contributed by atoms with Crippen LogP contribution >= 0.6 is 0 Å². The molecule has 1 aromatic carbocycles. The summed E-state index contributed by atoms with van der Waals surface area (Å²) in [5.74, 6) is 0.783. The minimum atomic E-state index is -3.85. The summed E-state index contributed by atoms with van der Waals surface area (Å²) in [7, 11) is -3.85. The van der Waals surface area contributed by atoms with Crippen LogP contribution in [0, 0.1) is 12.7 Å². The summed E-state index contributed by atoms with van der Waals surface area (Å²) < 4.78 is 43.6. The first-order valence-electron chi connectivity index (χ1n) is 14.0. The van der Waals surface area contributed by atoms with Gasteiger partial charge in [0.2, 0.25) is 11.9 Å². The maximum Gasteiger partial charge on any atom is 0.297 e. The summed E-state index contributed by atoms with van der Waals surface area (Å²) in [4.78, 5) is 40.2. The lowest BCUT2D eigenvalue weighted by atomic mass is 10.1. The molecule has 2 aliphatic rings. The molecule has 13 nitrogen and oxygen atoms in total. The lowest BCUT2D eigenvalue weighted by Gasteiger charge is -2.39. The van der Waals surface area contributed by atoms with Gasteiger partial charge in [0.1, 0.15) is 11.9 Å². The number of piperazine rings is 1. The van der Waals surface area contributed by atoms with Gasteiger partial charge < -0.3 is 20.0 Å². The summed E-state index contributed by atoms with van der Waals surface area (Å²) in [6.45, 7) is 6.50. The zero-order valence-corrected chi connectivity index (χ0v) is 24.9. The molecule has 5 heterocycles. The molecule has 0 unspecified atom stereocenters. The molecule has 2 saturated heterocycles. The van der Waals surface area contributed by atoms with Gasteiger partial charge in [-0.3, -0.25) is 8.98 Å². The zero-order chi connectivity index (χ0) is 30.8. The summed E-state index contributed by atoms with van der Waals surface area (Å²) in [6, 6.07) is 9.92. The molecule has 4 aromatic rings. The highest BCUT2D eigenvalue weighted by Gasteiger charge is 2.33. The first kappa shape index (κ1) is 29.3. The van der Waals surface area contributed by atoms with Crippen molar-refractivity contribution >= 4 is 39.4 Å². The van der Waals surface area contributed by atoms with Crippen LogP contribution in [0.3, 0.4) is 0 Å². The van der Waals surface area contributed by atoms with Crippen molar-refractivity contribution in [2.24, 2.45) is 0 Å². The molecule has 2 aliphatic heterocycles. The number of halogens is 1. The van der Waals surface area contributed by atoms with Gasteiger partial charge in [-0.15, -0.1) is 0 Å². The standard InChI is InChI=1S/C29H30FN9O4S/c1-19-3-6-25(7-4-19)44(41,42)43-24-17-38(18-24)26-8-5-21(11-31-26)27(40)36-23-14-34-28(35-15-23)37-9-10-39(20(2)16-37)29-32-12-22(30)13-33-29/h3-8,11-15,20,24H,9-10,16-18H2,1-2H3,(H,36,40)/t20-/m1/s1. The number of amides is 1. The second-order valence-electron chi connectivity index (χ2n) is 10.7. The van der Waals surface area contributed by atoms with E-state index in [4.69, 9.17) is 4.18 Å². The highest BCUT2D eigenvalue weighted by atomic mass is 32.2. The average Bonchev–Trinajstić information content (AvgIpc) is 3.00. The van der Waals surface area contributed by atoms with Gasteiger partial charge in [-0.1, -0.05) is 17.7 Å². The van der Waals surface area contributed by atoms with E-state index >= 15 is 0 Å².